The number of hydrazine groups is 1. The van der Waals surface area contributed by atoms with E-state index in [1.807, 2.05) is 73.7 Å². The highest BCUT2D eigenvalue weighted by Gasteiger charge is 2.09. The summed E-state index contributed by atoms with van der Waals surface area (Å²) in [4.78, 5) is 11.5. The molecule has 0 spiro atoms. The first-order valence-electron chi connectivity index (χ1n) is 8.47. The Kier molecular flexibility index (Phi) is 5.91. The van der Waals surface area contributed by atoms with Gasteiger partial charge in [0, 0.05) is 11.3 Å². The number of anilines is 1. The van der Waals surface area contributed by atoms with Gasteiger partial charge < -0.3 is 14.8 Å². The lowest BCUT2D eigenvalue weighted by Crippen LogP contribution is -2.34. The SMILES string of the molecule is Cc1cccc(NC(=O)NN)c1COc1ccc(Oc2ccccc2)cc1. The fourth-order valence-electron chi connectivity index (χ4n) is 2.55. The number of rotatable bonds is 6. The highest BCUT2D eigenvalue weighted by Crippen LogP contribution is 2.25. The average Bonchev–Trinajstić information content (AvgIpc) is 2.69. The zero-order valence-electron chi connectivity index (χ0n) is 14.9. The fraction of sp³-hybridized carbons (Fsp3) is 0.0952. The van der Waals surface area contributed by atoms with Crippen LogP contribution in [0, 0.1) is 6.92 Å². The van der Waals surface area contributed by atoms with Gasteiger partial charge >= 0.3 is 6.03 Å². The Morgan fingerprint density at radius 3 is 2.26 bits per heavy atom. The van der Waals surface area contributed by atoms with Gasteiger partial charge in [-0.1, -0.05) is 30.3 Å². The molecule has 6 nitrogen and oxygen atoms in total. The van der Waals surface area contributed by atoms with E-state index in [1.165, 1.54) is 0 Å². The molecule has 0 aliphatic heterocycles. The van der Waals surface area contributed by atoms with Gasteiger partial charge in [-0.2, -0.15) is 0 Å². The Bertz CT molecular complexity index is 896. The predicted molar refractivity (Wildman–Crippen MR) is 105 cm³/mol. The quantitative estimate of drug-likeness (QED) is 0.345. The molecule has 27 heavy (non-hydrogen) atoms. The second kappa shape index (κ2) is 8.73. The number of nitrogens with two attached hydrogens (primary N) is 1. The van der Waals surface area contributed by atoms with Gasteiger partial charge in [-0.3, -0.25) is 5.43 Å². The molecule has 0 heterocycles. The summed E-state index contributed by atoms with van der Waals surface area (Å²) in [7, 11) is 0. The van der Waals surface area contributed by atoms with Crippen molar-refractivity contribution in [2.24, 2.45) is 5.84 Å². The van der Waals surface area contributed by atoms with E-state index in [0.717, 1.165) is 22.6 Å². The van der Waals surface area contributed by atoms with Crippen molar-refractivity contribution in [1.82, 2.24) is 5.43 Å². The van der Waals surface area contributed by atoms with Crippen molar-refractivity contribution in [3.63, 3.8) is 0 Å². The average molecular weight is 363 g/mol. The van der Waals surface area contributed by atoms with Crippen molar-refractivity contribution in [1.29, 1.82) is 0 Å². The molecule has 0 aliphatic rings. The van der Waals surface area contributed by atoms with Crippen molar-refractivity contribution in [2.75, 3.05) is 5.32 Å². The molecular weight excluding hydrogens is 342 g/mol. The van der Waals surface area contributed by atoms with Crippen molar-refractivity contribution in [3.05, 3.63) is 83.9 Å². The number of urea groups is 1. The summed E-state index contributed by atoms with van der Waals surface area (Å²) in [5.41, 5.74) is 4.60. The van der Waals surface area contributed by atoms with Gasteiger partial charge in [-0.05, 0) is 55.0 Å². The summed E-state index contributed by atoms with van der Waals surface area (Å²) < 4.78 is 11.6. The lowest BCUT2D eigenvalue weighted by Gasteiger charge is -2.14. The van der Waals surface area contributed by atoms with E-state index in [0.29, 0.717) is 18.0 Å². The van der Waals surface area contributed by atoms with E-state index in [-0.39, 0.29) is 0 Å². The summed E-state index contributed by atoms with van der Waals surface area (Å²) in [5, 5.41) is 2.70. The van der Waals surface area contributed by atoms with Gasteiger partial charge in [0.1, 0.15) is 23.9 Å². The highest BCUT2D eigenvalue weighted by atomic mass is 16.5. The molecule has 3 aromatic rings. The van der Waals surface area contributed by atoms with Crippen molar-refractivity contribution in [2.45, 2.75) is 13.5 Å². The van der Waals surface area contributed by atoms with Gasteiger partial charge in [0.25, 0.3) is 0 Å². The maximum absolute atomic E-state index is 11.5. The lowest BCUT2D eigenvalue weighted by molar-refractivity contribution is 0.252. The number of carbonyl (C=O) groups is 1. The van der Waals surface area contributed by atoms with Crippen molar-refractivity contribution < 1.29 is 14.3 Å². The number of aryl methyl sites for hydroxylation is 1. The molecule has 0 radical (unpaired) electrons. The Labute approximate surface area is 157 Å². The molecule has 0 saturated carbocycles. The number of carbonyl (C=O) groups excluding carboxylic acids is 1. The molecule has 0 fully saturated rings. The largest absolute Gasteiger partial charge is 0.489 e. The first kappa shape index (κ1) is 18.3. The van der Waals surface area contributed by atoms with Crippen LogP contribution in [-0.4, -0.2) is 6.03 Å². The molecule has 0 saturated heterocycles. The van der Waals surface area contributed by atoms with E-state index >= 15 is 0 Å². The fourth-order valence-corrected chi connectivity index (χ4v) is 2.55. The number of benzene rings is 3. The molecule has 3 rings (SSSR count). The Balaban J connectivity index is 1.66. The predicted octanol–water partition coefficient (Wildman–Crippen LogP) is 4.36. The van der Waals surface area contributed by atoms with E-state index in [1.54, 1.807) is 6.07 Å². The number of hydrogen-bond donors (Lipinski definition) is 3. The van der Waals surface area contributed by atoms with E-state index in [4.69, 9.17) is 15.3 Å². The van der Waals surface area contributed by atoms with Crippen LogP contribution in [0.15, 0.2) is 72.8 Å². The third kappa shape index (κ3) is 4.99. The topological polar surface area (TPSA) is 85.6 Å². The minimum absolute atomic E-state index is 0.311. The van der Waals surface area contributed by atoms with Gasteiger partial charge in [0.2, 0.25) is 0 Å². The van der Waals surface area contributed by atoms with Gasteiger partial charge in [-0.25, -0.2) is 10.6 Å². The summed E-state index contributed by atoms with van der Waals surface area (Å²) in [5.74, 6) is 7.34. The molecule has 0 aromatic heterocycles. The van der Waals surface area contributed by atoms with Crippen LogP contribution >= 0.6 is 0 Å². The Morgan fingerprint density at radius 1 is 0.889 bits per heavy atom. The van der Waals surface area contributed by atoms with Crippen LogP contribution in [0.2, 0.25) is 0 Å². The van der Waals surface area contributed by atoms with Crippen molar-refractivity contribution >= 4 is 11.7 Å². The van der Waals surface area contributed by atoms with Gasteiger partial charge in [0.05, 0.1) is 0 Å². The zero-order chi connectivity index (χ0) is 19.1. The molecule has 0 aliphatic carbocycles. The second-order valence-corrected chi connectivity index (χ2v) is 5.87. The molecule has 2 amide bonds. The minimum atomic E-state index is -0.482. The molecule has 3 aromatic carbocycles. The van der Waals surface area contributed by atoms with Crippen LogP contribution in [0.4, 0.5) is 10.5 Å². The third-order valence-electron chi connectivity index (χ3n) is 3.98. The van der Waals surface area contributed by atoms with Crippen LogP contribution in [0.3, 0.4) is 0 Å². The van der Waals surface area contributed by atoms with E-state index < -0.39 is 6.03 Å². The molecule has 4 N–H and O–H groups in total. The highest BCUT2D eigenvalue weighted by molar-refractivity contribution is 5.89. The summed E-state index contributed by atoms with van der Waals surface area (Å²) in [6, 6.07) is 22.1. The molecular formula is C21H21N3O3. The molecule has 0 atom stereocenters. The zero-order valence-corrected chi connectivity index (χ0v) is 14.9. The molecule has 6 heteroatoms. The third-order valence-corrected chi connectivity index (χ3v) is 3.98. The standard InChI is InChI=1S/C21H21N3O3/c1-15-6-5-9-20(23-21(25)24-22)19(15)14-26-16-10-12-18(13-11-16)27-17-7-3-2-4-8-17/h2-13H,14,22H2,1H3,(H2,23,24,25). The normalized spacial score (nSPS) is 10.1. The van der Waals surface area contributed by atoms with E-state index in [9.17, 15) is 4.79 Å². The first-order chi connectivity index (χ1) is 13.2. The lowest BCUT2D eigenvalue weighted by atomic mass is 10.1. The molecule has 138 valence electrons. The maximum Gasteiger partial charge on any atom is 0.333 e. The van der Waals surface area contributed by atoms with Crippen LogP contribution < -0.4 is 26.1 Å². The summed E-state index contributed by atoms with van der Waals surface area (Å²) in [6.07, 6.45) is 0. The van der Waals surface area contributed by atoms with Gasteiger partial charge in [0.15, 0.2) is 0 Å². The Hall–Kier alpha value is -3.51. The summed E-state index contributed by atoms with van der Waals surface area (Å²) in [6.45, 7) is 2.27. The summed E-state index contributed by atoms with van der Waals surface area (Å²) >= 11 is 0. The molecule has 0 bridgehead atoms. The number of para-hydroxylation sites is 1. The number of ether oxygens (including phenoxy) is 2. The number of nitrogens with one attached hydrogen (secondary N) is 2. The monoisotopic (exact) mass is 363 g/mol. The van der Waals surface area contributed by atoms with Crippen molar-refractivity contribution in [3.8, 4) is 17.2 Å². The first-order valence-corrected chi connectivity index (χ1v) is 8.47. The Morgan fingerprint density at radius 2 is 1.56 bits per heavy atom. The maximum atomic E-state index is 11.5. The smallest absolute Gasteiger partial charge is 0.333 e. The number of amides is 2. The van der Waals surface area contributed by atoms with Crippen LogP contribution in [0.1, 0.15) is 11.1 Å². The molecule has 0 unspecified atom stereocenters. The second-order valence-electron chi connectivity index (χ2n) is 5.87. The van der Waals surface area contributed by atoms with Gasteiger partial charge in [-0.15, -0.1) is 0 Å². The van der Waals surface area contributed by atoms with Crippen LogP contribution in [0.25, 0.3) is 0 Å². The van der Waals surface area contributed by atoms with Crippen LogP contribution in [-0.2, 0) is 6.61 Å². The number of hydrogen-bond acceptors (Lipinski definition) is 4. The minimum Gasteiger partial charge on any atom is -0.489 e. The van der Waals surface area contributed by atoms with E-state index in [2.05, 4.69) is 10.7 Å². The van der Waals surface area contributed by atoms with Crippen LogP contribution in [0.5, 0.6) is 17.2 Å².